The van der Waals surface area contributed by atoms with Crippen molar-refractivity contribution in [2.45, 2.75) is 32.6 Å². The van der Waals surface area contributed by atoms with Crippen molar-refractivity contribution in [3.8, 4) is 0 Å². The van der Waals surface area contributed by atoms with Crippen LogP contribution in [0.1, 0.15) is 31.4 Å². The van der Waals surface area contributed by atoms with E-state index in [-0.39, 0.29) is 18.7 Å². The first-order valence-corrected chi connectivity index (χ1v) is 6.16. The Morgan fingerprint density at radius 3 is 2.63 bits per heavy atom. The molecule has 1 aromatic carbocycles. The number of alkyl halides is 2. The lowest BCUT2D eigenvalue weighted by atomic mass is 10.0. The molecule has 1 N–H and O–H groups in total. The number of hydrogen-bond acceptors (Lipinski definition) is 2. The van der Waals surface area contributed by atoms with Crippen molar-refractivity contribution in [3.63, 3.8) is 0 Å². The highest BCUT2D eigenvalue weighted by Crippen LogP contribution is 2.23. The molecule has 2 nitrogen and oxygen atoms in total. The molecule has 0 amide bonds. The van der Waals surface area contributed by atoms with Crippen molar-refractivity contribution >= 4 is 17.3 Å². The Kier molecular flexibility index (Phi) is 5.06. The number of aliphatic hydroxyl groups is 1. The molecule has 0 saturated heterocycles. The van der Waals surface area contributed by atoms with E-state index in [0.29, 0.717) is 16.3 Å². The average Bonchev–Trinajstić information content (AvgIpc) is 2.25. The molecular weight excluding hydrogens is 272 g/mol. The van der Waals surface area contributed by atoms with Crippen molar-refractivity contribution in [1.82, 2.24) is 0 Å². The summed E-state index contributed by atoms with van der Waals surface area (Å²) in [4.78, 5) is 3.80. The summed E-state index contributed by atoms with van der Waals surface area (Å²) in [5.74, 6) is -3.01. The van der Waals surface area contributed by atoms with Gasteiger partial charge in [-0.05, 0) is 44.5 Å². The molecule has 1 aromatic rings. The number of halogens is 3. The van der Waals surface area contributed by atoms with Crippen LogP contribution in [0, 0.1) is 0 Å². The normalized spacial score (nSPS) is 12.6. The van der Waals surface area contributed by atoms with Crippen molar-refractivity contribution in [3.05, 3.63) is 46.8 Å². The molecule has 0 atom stereocenters. The van der Waals surface area contributed by atoms with Gasteiger partial charge in [0, 0.05) is 17.0 Å². The third-order valence-corrected chi connectivity index (χ3v) is 2.90. The number of aliphatic hydroxyl groups excluding tert-OH is 1. The second-order valence-corrected chi connectivity index (χ2v) is 4.91. The van der Waals surface area contributed by atoms with Crippen LogP contribution < -0.4 is 0 Å². The molecule has 0 spiro atoms. The van der Waals surface area contributed by atoms with Gasteiger partial charge in [0.05, 0.1) is 5.71 Å². The fourth-order valence-corrected chi connectivity index (χ4v) is 1.88. The fraction of sp³-hybridized carbons (Fsp3) is 0.357. The zero-order valence-electron chi connectivity index (χ0n) is 10.9. The molecule has 0 unspecified atom stereocenters. The molecule has 0 aliphatic heterocycles. The Labute approximate surface area is 116 Å². The molecule has 0 aromatic heterocycles. The van der Waals surface area contributed by atoms with Gasteiger partial charge in [0.2, 0.25) is 11.8 Å². The van der Waals surface area contributed by atoms with Crippen LogP contribution in [0.4, 0.5) is 8.78 Å². The number of rotatable bonds is 5. The van der Waals surface area contributed by atoms with E-state index in [1.54, 1.807) is 25.1 Å². The van der Waals surface area contributed by atoms with Gasteiger partial charge in [-0.2, -0.15) is 0 Å². The highest BCUT2D eigenvalue weighted by molar-refractivity contribution is 6.34. The van der Waals surface area contributed by atoms with E-state index in [1.807, 2.05) is 0 Å². The Morgan fingerprint density at radius 2 is 2.11 bits per heavy atom. The third kappa shape index (κ3) is 5.39. The predicted molar refractivity (Wildman–Crippen MR) is 74.4 cm³/mol. The van der Waals surface area contributed by atoms with Crippen LogP contribution in [0.15, 0.2) is 35.7 Å². The van der Waals surface area contributed by atoms with Crippen LogP contribution in [0.2, 0.25) is 5.02 Å². The standard InChI is InChI=1S/C14H16ClF2NO/c1-9(18-10(2)19)12-8-11(4-5-13(12)15)6-7-14(3,16)17/h4-5,8,19H,2,6-7H2,1,3H3. The fourth-order valence-electron chi connectivity index (χ4n) is 1.62. The molecule has 0 fully saturated rings. The van der Waals surface area contributed by atoms with Gasteiger partial charge in [0.1, 0.15) is 0 Å². The Morgan fingerprint density at radius 1 is 1.47 bits per heavy atom. The predicted octanol–water partition coefficient (Wildman–Crippen LogP) is 4.77. The van der Waals surface area contributed by atoms with E-state index in [2.05, 4.69) is 11.6 Å². The minimum atomic E-state index is -2.69. The number of nitrogens with zero attached hydrogens (tertiary/aromatic N) is 1. The number of aryl methyl sites for hydroxylation is 1. The van der Waals surface area contributed by atoms with Gasteiger partial charge in [-0.3, -0.25) is 0 Å². The lowest BCUT2D eigenvalue weighted by Crippen LogP contribution is -2.11. The maximum Gasteiger partial charge on any atom is 0.245 e. The smallest absolute Gasteiger partial charge is 0.245 e. The number of benzene rings is 1. The molecular formula is C14H16ClF2NO. The molecule has 0 radical (unpaired) electrons. The number of aliphatic imine (C=N–C) groups is 1. The van der Waals surface area contributed by atoms with Gasteiger partial charge in [-0.1, -0.05) is 17.7 Å². The van der Waals surface area contributed by atoms with E-state index in [0.717, 1.165) is 12.5 Å². The lowest BCUT2D eigenvalue weighted by molar-refractivity contribution is 0.0133. The zero-order valence-corrected chi connectivity index (χ0v) is 11.6. The summed E-state index contributed by atoms with van der Waals surface area (Å²) in [5, 5.41) is 9.48. The van der Waals surface area contributed by atoms with E-state index < -0.39 is 5.92 Å². The minimum Gasteiger partial charge on any atom is -0.494 e. The highest BCUT2D eigenvalue weighted by atomic mass is 35.5. The van der Waals surface area contributed by atoms with Gasteiger partial charge in [-0.25, -0.2) is 13.8 Å². The van der Waals surface area contributed by atoms with Crippen molar-refractivity contribution in [1.29, 1.82) is 0 Å². The number of hydrogen-bond donors (Lipinski definition) is 1. The molecule has 0 heterocycles. The second kappa shape index (κ2) is 6.15. The summed E-state index contributed by atoms with van der Waals surface area (Å²) in [6.45, 7) is 5.83. The van der Waals surface area contributed by atoms with Crippen molar-refractivity contribution in [2.75, 3.05) is 0 Å². The topological polar surface area (TPSA) is 32.6 Å². The largest absolute Gasteiger partial charge is 0.494 e. The van der Waals surface area contributed by atoms with Crippen LogP contribution >= 0.6 is 11.6 Å². The average molecular weight is 288 g/mol. The van der Waals surface area contributed by atoms with E-state index in [9.17, 15) is 8.78 Å². The maximum atomic E-state index is 12.8. The summed E-state index contributed by atoms with van der Waals surface area (Å²) >= 11 is 6.02. The lowest BCUT2D eigenvalue weighted by Gasteiger charge is -2.11. The first-order valence-electron chi connectivity index (χ1n) is 5.79. The van der Waals surface area contributed by atoms with Crippen LogP contribution in [0.25, 0.3) is 0 Å². The maximum absolute atomic E-state index is 12.8. The minimum absolute atomic E-state index is 0.225. The highest BCUT2D eigenvalue weighted by Gasteiger charge is 2.20. The molecule has 1 rings (SSSR count). The first kappa shape index (κ1) is 15.6. The Hall–Kier alpha value is -1.42. The second-order valence-electron chi connectivity index (χ2n) is 4.50. The zero-order chi connectivity index (χ0) is 14.6. The SMILES string of the molecule is C=C(O)N=C(C)c1cc(CCC(C)(F)F)ccc1Cl. The summed E-state index contributed by atoms with van der Waals surface area (Å²) < 4.78 is 25.6. The van der Waals surface area contributed by atoms with Crippen molar-refractivity contribution < 1.29 is 13.9 Å². The Bertz CT molecular complexity index is 507. The third-order valence-electron chi connectivity index (χ3n) is 2.57. The summed E-state index contributed by atoms with van der Waals surface area (Å²) in [6, 6.07) is 5.05. The van der Waals surface area contributed by atoms with Crippen molar-refractivity contribution in [2.24, 2.45) is 4.99 Å². The van der Waals surface area contributed by atoms with Crippen LogP contribution in [0.3, 0.4) is 0 Å². The van der Waals surface area contributed by atoms with Gasteiger partial charge in [0.25, 0.3) is 0 Å². The summed E-state index contributed by atoms with van der Waals surface area (Å²) in [6.07, 6.45) is 0.0258. The van der Waals surface area contributed by atoms with Crippen LogP contribution in [0.5, 0.6) is 0 Å². The summed E-state index contributed by atoms with van der Waals surface area (Å²) in [5.41, 5.74) is 1.84. The summed E-state index contributed by atoms with van der Waals surface area (Å²) in [7, 11) is 0. The van der Waals surface area contributed by atoms with Gasteiger partial charge < -0.3 is 5.11 Å². The van der Waals surface area contributed by atoms with E-state index >= 15 is 0 Å². The first-order chi connectivity index (χ1) is 8.69. The molecule has 0 aliphatic carbocycles. The molecule has 0 saturated carbocycles. The van der Waals surface area contributed by atoms with Gasteiger partial charge >= 0.3 is 0 Å². The van der Waals surface area contributed by atoms with Gasteiger partial charge in [-0.15, -0.1) is 0 Å². The molecule has 5 heteroatoms. The molecule has 104 valence electrons. The molecule has 0 bridgehead atoms. The monoisotopic (exact) mass is 287 g/mol. The Balaban J connectivity index is 2.98. The van der Waals surface area contributed by atoms with Gasteiger partial charge in [0.15, 0.2) is 0 Å². The van der Waals surface area contributed by atoms with E-state index in [1.165, 1.54) is 0 Å². The van der Waals surface area contributed by atoms with Crippen LogP contribution in [-0.4, -0.2) is 16.7 Å². The quantitative estimate of drug-likeness (QED) is 0.614. The van der Waals surface area contributed by atoms with Crippen LogP contribution in [-0.2, 0) is 6.42 Å². The molecule has 0 aliphatic rings. The molecule has 19 heavy (non-hydrogen) atoms. The van der Waals surface area contributed by atoms with E-state index in [4.69, 9.17) is 16.7 Å².